The van der Waals surface area contributed by atoms with Crippen molar-refractivity contribution in [2.24, 2.45) is 0 Å². The molecule has 1 heterocycles. The van der Waals surface area contributed by atoms with E-state index in [2.05, 4.69) is 5.32 Å². The molecule has 1 N–H and O–H groups in total. The zero-order chi connectivity index (χ0) is 28.0. The van der Waals surface area contributed by atoms with Gasteiger partial charge in [0.2, 0.25) is 28.6 Å². The van der Waals surface area contributed by atoms with Crippen LogP contribution in [0.5, 0.6) is 11.5 Å². The number of likely N-dealkylation sites (N-methyl/N-ethyl adjacent to an activating group) is 1. The highest BCUT2D eigenvalue weighted by molar-refractivity contribution is 7.92. The third kappa shape index (κ3) is 6.69. The number of nitrogens with zero attached hydrogens (tertiary/aromatic N) is 2. The number of rotatable bonds is 11. The first-order chi connectivity index (χ1) is 18.7. The maximum atomic E-state index is 14.0. The summed E-state index contributed by atoms with van der Waals surface area (Å²) in [6, 6.07) is 21.0. The van der Waals surface area contributed by atoms with Crippen molar-refractivity contribution in [3.8, 4) is 11.5 Å². The number of anilines is 1. The molecular weight excluding hydrogens is 518 g/mol. The highest BCUT2D eigenvalue weighted by Crippen LogP contribution is 2.36. The number of amides is 2. The second kappa shape index (κ2) is 12.2. The number of aryl methyl sites for hydroxylation is 1. The van der Waals surface area contributed by atoms with E-state index in [-0.39, 0.29) is 37.1 Å². The van der Waals surface area contributed by atoms with E-state index in [1.807, 2.05) is 61.5 Å². The standard InChI is InChI=1S/C29H33N3O6S/c1-4-39(35,36)32(24-13-14-26-27(17-24)38-20-37-26)19-28(33)31(18-23-12-8-9-21(2)15-23)25(29(34)30-3)16-22-10-6-5-7-11-22/h5-15,17,25H,4,16,18-20H2,1-3H3,(H,30,34). The van der Waals surface area contributed by atoms with Crippen molar-refractivity contribution in [2.75, 3.05) is 30.4 Å². The van der Waals surface area contributed by atoms with E-state index in [9.17, 15) is 18.0 Å². The van der Waals surface area contributed by atoms with Gasteiger partial charge in [-0.05, 0) is 37.1 Å². The van der Waals surface area contributed by atoms with Crippen molar-refractivity contribution in [3.05, 3.63) is 89.5 Å². The average molecular weight is 552 g/mol. The normalized spacial score (nSPS) is 13.0. The fourth-order valence-corrected chi connectivity index (χ4v) is 5.54. The molecule has 2 amide bonds. The molecule has 0 radical (unpaired) electrons. The van der Waals surface area contributed by atoms with Crippen LogP contribution in [0.15, 0.2) is 72.8 Å². The first kappa shape index (κ1) is 28.0. The van der Waals surface area contributed by atoms with Gasteiger partial charge in [-0.15, -0.1) is 0 Å². The summed E-state index contributed by atoms with van der Waals surface area (Å²) in [4.78, 5) is 28.7. The van der Waals surface area contributed by atoms with Gasteiger partial charge in [-0.3, -0.25) is 13.9 Å². The number of carbonyl (C=O) groups is 2. The number of benzene rings is 3. The average Bonchev–Trinajstić information content (AvgIpc) is 3.41. The predicted octanol–water partition coefficient (Wildman–Crippen LogP) is 3.27. The van der Waals surface area contributed by atoms with E-state index < -0.39 is 28.5 Å². The van der Waals surface area contributed by atoms with Crippen LogP contribution < -0.4 is 19.1 Å². The minimum atomic E-state index is -3.86. The molecule has 1 aliphatic rings. The van der Waals surface area contributed by atoms with E-state index in [0.29, 0.717) is 11.5 Å². The number of nitrogens with one attached hydrogen (secondary N) is 1. The van der Waals surface area contributed by atoms with Crippen LogP contribution >= 0.6 is 0 Å². The molecule has 3 aromatic rings. The van der Waals surface area contributed by atoms with Crippen LogP contribution in [0.4, 0.5) is 5.69 Å². The van der Waals surface area contributed by atoms with Gasteiger partial charge in [0.05, 0.1) is 11.4 Å². The Balaban J connectivity index is 1.73. The van der Waals surface area contributed by atoms with Crippen LogP contribution in [0.2, 0.25) is 0 Å². The maximum Gasteiger partial charge on any atom is 0.244 e. The van der Waals surface area contributed by atoms with E-state index >= 15 is 0 Å². The molecule has 0 bridgehead atoms. The number of hydrogen-bond donors (Lipinski definition) is 1. The van der Waals surface area contributed by atoms with Crippen molar-refractivity contribution in [2.45, 2.75) is 32.9 Å². The van der Waals surface area contributed by atoms with Crippen molar-refractivity contribution in [1.29, 1.82) is 0 Å². The maximum absolute atomic E-state index is 14.0. The molecule has 0 spiro atoms. The number of sulfonamides is 1. The second-order valence-electron chi connectivity index (χ2n) is 9.28. The van der Waals surface area contributed by atoms with E-state index in [0.717, 1.165) is 21.0 Å². The van der Waals surface area contributed by atoms with Gasteiger partial charge in [-0.25, -0.2) is 8.42 Å². The minimum Gasteiger partial charge on any atom is -0.454 e. The van der Waals surface area contributed by atoms with Gasteiger partial charge in [0.15, 0.2) is 11.5 Å². The first-order valence-electron chi connectivity index (χ1n) is 12.7. The lowest BCUT2D eigenvalue weighted by Crippen LogP contribution is -2.53. The van der Waals surface area contributed by atoms with E-state index in [1.165, 1.54) is 18.9 Å². The Bertz CT molecular complexity index is 1430. The second-order valence-corrected chi connectivity index (χ2v) is 11.5. The van der Waals surface area contributed by atoms with Gasteiger partial charge >= 0.3 is 0 Å². The lowest BCUT2D eigenvalue weighted by Gasteiger charge is -2.33. The Labute approximate surface area is 229 Å². The number of fused-ring (bicyclic) bond motifs is 1. The summed E-state index contributed by atoms with van der Waals surface area (Å²) in [5.74, 6) is -0.151. The molecule has 9 nitrogen and oxygen atoms in total. The molecule has 1 aliphatic heterocycles. The Kier molecular flexibility index (Phi) is 8.75. The summed E-state index contributed by atoms with van der Waals surface area (Å²) in [5, 5.41) is 2.68. The van der Waals surface area contributed by atoms with Crippen LogP contribution in [0.1, 0.15) is 23.6 Å². The lowest BCUT2D eigenvalue weighted by atomic mass is 10.0. The minimum absolute atomic E-state index is 0.0375. The third-order valence-electron chi connectivity index (χ3n) is 6.58. The molecule has 0 saturated carbocycles. The molecule has 206 valence electrons. The topological polar surface area (TPSA) is 105 Å². The largest absolute Gasteiger partial charge is 0.454 e. The molecule has 39 heavy (non-hydrogen) atoms. The monoisotopic (exact) mass is 551 g/mol. The molecule has 1 atom stereocenters. The fraction of sp³-hybridized carbons (Fsp3) is 0.310. The molecule has 4 rings (SSSR count). The summed E-state index contributed by atoms with van der Waals surface area (Å²) in [5.41, 5.74) is 3.00. The third-order valence-corrected chi connectivity index (χ3v) is 8.32. The Hall–Kier alpha value is -4.05. The summed E-state index contributed by atoms with van der Waals surface area (Å²) in [6.45, 7) is 3.16. The van der Waals surface area contributed by atoms with Crippen molar-refractivity contribution in [1.82, 2.24) is 10.2 Å². The number of carbonyl (C=O) groups excluding carboxylic acids is 2. The summed E-state index contributed by atoms with van der Waals surface area (Å²) in [6.07, 6.45) is 0.266. The zero-order valence-electron chi connectivity index (χ0n) is 22.3. The van der Waals surface area contributed by atoms with Crippen LogP contribution in [0, 0.1) is 6.92 Å². The van der Waals surface area contributed by atoms with Crippen LogP contribution in [0.3, 0.4) is 0 Å². The molecule has 1 unspecified atom stereocenters. The van der Waals surface area contributed by atoms with Crippen LogP contribution in [-0.2, 0) is 32.6 Å². The number of ether oxygens (including phenoxy) is 2. The van der Waals surface area contributed by atoms with Crippen molar-refractivity contribution >= 4 is 27.5 Å². The highest BCUT2D eigenvalue weighted by Gasteiger charge is 2.33. The molecule has 0 aliphatic carbocycles. The molecule has 3 aromatic carbocycles. The zero-order valence-corrected chi connectivity index (χ0v) is 23.1. The van der Waals surface area contributed by atoms with E-state index in [4.69, 9.17) is 9.47 Å². The summed E-state index contributed by atoms with van der Waals surface area (Å²) < 4.78 is 38.3. The fourth-order valence-electron chi connectivity index (χ4n) is 4.49. The molecule has 0 aromatic heterocycles. The van der Waals surface area contributed by atoms with Gasteiger partial charge in [0.1, 0.15) is 12.6 Å². The number of hydrogen-bond acceptors (Lipinski definition) is 6. The van der Waals surface area contributed by atoms with Gasteiger partial charge in [0.25, 0.3) is 0 Å². The smallest absolute Gasteiger partial charge is 0.244 e. The Morgan fingerprint density at radius 1 is 0.949 bits per heavy atom. The molecule has 0 fully saturated rings. The van der Waals surface area contributed by atoms with Gasteiger partial charge in [-0.2, -0.15) is 0 Å². The highest BCUT2D eigenvalue weighted by atomic mass is 32.2. The molecule has 10 heteroatoms. The van der Waals surface area contributed by atoms with Crippen molar-refractivity contribution in [3.63, 3.8) is 0 Å². The molecular formula is C29H33N3O6S. The predicted molar refractivity (Wildman–Crippen MR) is 149 cm³/mol. The molecule has 0 saturated heterocycles. The first-order valence-corrected chi connectivity index (χ1v) is 14.3. The summed E-state index contributed by atoms with van der Waals surface area (Å²) >= 11 is 0. The van der Waals surface area contributed by atoms with Gasteiger partial charge < -0.3 is 19.7 Å². The van der Waals surface area contributed by atoms with Crippen LogP contribution in [-0.4, -0.2) is 57.3 Å². The quantitative estimate of drug-likeness (QED) is 0.392. The van der Waals surface area contributed by atoms with Gasteiger partial charge in [0, 0.05) is 26.1 Å². The van der Waals surface area contributed by atoms with Gasteiger partial charge in [-0.1, -0.05) is 60.2 Å². The Morgan fingerprint density at radius 2 is 1.67 bits per heavy atom. The SMILES string of the molecule is CCS(=O)(=O)N(CC(=O)N(Cc1cccc(C)c1)C(Cc1ccccc1)C(=O)NC)c1ccc2c(c1)OCO2. The van der Waals surface area contributed by atoms with Crippen LogP contribution in [0.25, 0.3) is 0 Å². The van der Waals surface area contributed by atoms with Crippen molar-refractivity contribution < 1.29 is 27.5 Å². The van der Waals surface area contributed by atoms with E-state index in [1.54, 1.807) is 18.2 Å². The Morgan fingerprint density at radius 3 is 2.36 bits per heavy atom. The lowest BCUT2D eigenvalue weighted by molar-refractivity contribution is -0.139. The summed E-state index contributed by atoms with van der Waals surface area (Å²) in [7, 11) is -2.34.